The summed E-state index contributed by atoms with van der Waals surface area (Å²) in [5, 5.41) is 8.34. The maximum atomic E-state index is 10.8. The predicted molar refractivity (Wildman–Crippen MR) is 45.9 cm³/mol. The highest BCUT2D eigenvalue weighted by atomic mass is 16.5. The Morgan fingerprint density at radius 1 is 1.57 bits per heavy atom. The number of primary amides is 1. The van der Waals surface area contributed by atoms with Crippen LogP contribution in [0.1, 0.15) is 10.5 Å². The second-order valence-corrected chi connectivity index (χ2v) is 2.40. The molecule has 0 unspecified atom stereocenters. The van der Waals surface area contributed by atoms with Crippen molar-refractivity contribution < 1.29 is 19.4 Å². The van der Waals surface area contributed by atoms with Gasteiger partial charge in [-0.25, -0.2) is 9.78 Å². The van der Waals surface area contributed by atoms with Crippen LogP contribution >= 0.6 is 0 Å². The van der Waals surface area contributed by atoms with Crippen molar-refractivity contribution >= 4 is 11.9 Å². The van der Waals surface area contributed by atoms with Gasteiger partial charge in [0.25, 0.3) is 5.91 Å². The molecule has 0 bridgehead atoms. The summed E-state index contributed by atoms with van der Waals surface area (Å²) in [6.45, 7) is -0.536. The number of hydrogen-bond acceptors (Lipinski definition) is 4. The minimum absolute atomic E-state index is 0.0717. The Labute approximate surface area is 79.3 Å². The van der Waals surface area contributed by atoms with Crippen molar-refractivity contribution in [3.63, 3.8) is 0 Å². The van der Waals surface area contributed by atoms with Crippen LogP contribution < -0.4 is 10.5 Å². The SMILES string of the molecule is NC(=O)c1ncccc1OCC(=O)O. The number of rotatable bonds is 4. The Morgan fingerprint density at radius 3 is 2.86 bits per heavy atom. The van der Waals surface area contributed by atoms with Crippen LogP contribution in [0, 0.1) is 0 Å². The third kappa shape index (κ3) is 2.44. The first-order valence-electron chi connectivity index (χ1n) is 3.70. The molecule has 0 spiro atoms. The number of carbonyl (C=O) groups excluding carboxylic acids is 1. The molecule has 6 nitrogen and oxygen atoms in total. The molecular formula is C8H8N2O4. The van der Waals surface area contributed by atoms with E-state index in [0.29, 0.717) is 0 Å². The van der Waals surface area contributed by atoms with Crippen molar-refractivity contribution in [2.24, 2.45) is 5.73 Å². The van der Waals surface area contributed by atoms with E-state index in [0.717, 1.165) is 0 Å². The molecule has 0 atom stereocenters. The number of aliphatic carboxylic acids is 1. The first-order valence-corrected chi connectivity index (χ1v) is 3.70. The van der Waals surface area contributed by atoms with Gasteiger partial charge in [0.1, 0.15) is 0 Å². The van der Waals surface area contributed by atoms with Crippen LogP contribution in [0.4, 0.5) is 0 Å². The number of carboxylic acid groups (broad SMARTS) is 1. The third-order valence-corrected chi connectivity index (χ3v) is 1.36. The van der Waals surface area contributed by atoms with Gasteiger partial charge in [-0.1, -0.05) is 0 Å². The number of nitrogens with two attached hydrogens (primary N) is 1. The Bertz CT molecular complexity index is 364. The number of carbonyl (C=O) groups is 2. The molecule has 0 saturated heterocycles. The molecule has 1 heterocycles. The molecule has 0 aliphatic rings. The predicted octanol–water partition coefficient (Wildman–Crippen LogP) is -0.356. The average Bonchev–Trinajstić information content (AvgIpc) is 2.15. The number of hydrogen-bond donors (Lipinski definition) is 2. The summed E-state index contributed by atoms with van der Waals surface area (Å²) in [6, 6.07) is 2.94. The Hall–Kier alpha value is -2.11. The van der Waals surface area contributed by atoms with Crippen LogP contribution in [0.2, 0.25) is 0 Å². The van der Waals surface area contributed by atoms with Crippen molar-refractivity contribution in [3.8, 4) is 5.75 Å². The molecule has 14 heavy (non-hydrogen) atoms. The summed E-state index contributed by atoms with van der Waals surface area (Å²) < 4.78 is 4.80. The maximum Gasteiger partial charge on any atom is 0.341 e. The van der Waals surface area contributed by atoms with E-state index in [-0.39, 0.29) is 11.4 Å². The van der Waals surface area contributed by atoms with E-state index >= 15 is 0 Å². The van der Waals surface area contributed by atoms with Crippen molar-refractivity contribution in [2.45, 2.75) is 0 Å². The van der Waals surface area contributed by atoms with Crippen molar-refractivity contribution in [2.75, 3.05) is 6.61 Å². The fraction of sp³-hybridized carbons (Fsp3) is 0.125. The van der Waals surface area contributed by atoms with E-state index in [2.05, 4.69) is 4.98 Å². The molecular weight excluding hydrogens is 188 g/mol. The van der Waals surface area contributed by atoms with Gasteiger partial charge < -0.3 is 15.6 Å². The number of amides is 1. The van der Waals surface area contributed by atoms with Crippen LogP contribution in [-0.4, -0.2) is 28.6 Å². The maximum absolute atomic E-state index is 10.8. The first kappa shape index (κ1) is 9.97. The number of pyridine rings is 1. The summed E-state index contributed by atoms with van der Waals surface area (Å²) in [5.74, 6) is -1.82. The smallest absolute Gasteiger partial charge is 0.341 e. The molecule has 1 aromatic rings. The highest BCUT2D eigenvalue weighted by Crippen LogP contribution is 2.13. The van der Waals surface area contributed by atoms with Crippen LogP contribution in [0.15, 0.2) is 18.3 Å². The second-order valence-electron chi connectivity index (χ2n) is 2.40. The number of carboxylic acids is 1. The lowest BCUT2D eigenvalue weighted by molar-refractivity contribution is -0.139. The quantitative estimate of drug-likeness (QED) is 0.684. The van der Waals surface area contributed by atoms with E-state index < -0.39 is 18.5 Å². The number of ether oxygens (including phenoxy) is 1. The molecule has 1 rings (SSSR count). The molecule has 74 valence electrons. The van der Waals surface area contributed by atoms with Crippen LogP contribution in [0.25, 0.3) is 0 Å². The summed E-state index contributed by atoms with van der Waals surface area (Å²) in [7, 11) is 0. The topological polar surface area (TPSA) is 103 Å². The Balaban J connectivity index is 2.84. The van der Waals surface area contributed by atoms with Gasteiger partial charge in [0.2, 0.25) is 0 Å². The molecule has 0 saturated carbocycles. The van der Waals surface area contributed by atoms with Gasteiger partial charge in [0.05, 0.1) is 0 Å². The zero-order valence-corrected chi connectivity index (χ0v) is 7.14. The van der Waals surface area contributed by atoms with Crippen molar-refractivity contribution in [1.82, 2.24) is 4.98 Å². The molecule has 1 amide bonds. The van der Waals surface area contributed by atoms with Crippen LogP contribution in [0.3, 0.4) is 0 Å². The lowest BCUT2D eigenvalue weighted by Crippen LogP contribution is -2.17. The van der Waals surface area contributed by atoms with Crippen LogP contribution in [0.5, 0.6) is 5.75 Å². The van der Waals surface area contributed by atoms with Crippen LogP contribution in [-0.2, 0) is 4.79 Å². The van der Waals surface area contributed by atoms with Gasteiger partial charge in [-0.15, -0.1) is 0 Å². The monoisotopic (exact) mass is 196 g/mol. The van der Waals surface area contributed by atoms with Crippen molar-refractivity contribution in [1.29, 1.82) is 0 Å². The lowest BCUT2D eigenvalue weighted by Gasteiger charge is -2.05. The normalized spacial score (nSPS) is 9.43. The van der Waals surface area contributed by atoms with Crippen molar-refractivity contribution in [3.05, 3.63) is 24.0 Å². The fourth-order valence-electron chi connectivity index (χ4n) is 0.832. The Morgan fingerprint density at radius 2 is 2.29 bits per heavy atom. The molecule has 0 aliphatic heterocycles. The zero-order chi connectivity index (χ0) is 10.6. The summed E-state index contributed by atoms with van der Waals surface area (Å²) in [5.41, 5.74) is 4.92. The highest BCUT2D eigenvalue weighted by molar-refractivity contribution is 5.93. The van der Waals surface area contributed by atoms with Gasteiger partial charge >= 0.3 is 5.97 Å². The summed E-state index contributed by atoms with van der Waals surface area (Å²) >= 11 is 0. The number of nitrogens with zero attached hydrogens (tertiary/aromatic N) is 1. The minimum Gasteiger partial charge on any atom is -0.479 e. The summed E-state index contributed by atoms with van der Waals surface area (Å²) in [4.78, 5) is 24.7. The number of aromatic nitrogens is 1. The third-order valence-electron chi connectivity index (χ3n) is 1.36. The van der Waals surface area contributed by atoms with Gasteiger partial charge in [-0.2, -0.15) is 0 Å². The molecule has 3 N–H and O–H groups in total. The molecule has 0 fully saturated rings. The van der Waals surface area contributed by atoms with E-state index in [1.807, 2.05) is 0 Å². The lowest BCUT2D eigenvalue weighted by atomic mass is 10.3. The molecule has 1 aromatic heterocycles. The first-order chi connectivity index (χ1) is 6.61. The highest BCUT2D eigenvalue weighted by Gasteiger charge is 2.10. The minimum atomic E-state index is -1.13. The second kappa shape index (κ2) is 4.22. The van der Waals surface area contributed by atoms with Gasteiger partial charge in [0, 0.05) is 6.20 Å². The van der Waals surface area contributed by atoms with E-state index in [9.17, 15) is 9.59 Å². The average molecular weight is 196 g/mol. The fourth-order valence-corrected chi connectivity index (χ4v) is 0.832. The molecule has 6 heteroatoms. The standard InChI is InChI=1S/C8H8N2O4/c9-8(13)7-5(2-1-3-10-7)14-4-6(11)12/h1-3H,4H2,(H2,9,13)(H,11,12). The molecule has 0 radical (unpaired) electrons. The zero-order valence-electron chi connectivity index (χ0n) is 7.14. The largest absolute Gasteiger partial charge is 0.479 e. The van der Waals surface area contributed by atoms with E-state index in [4.69, 9.17) is 15.6 Å². The van der Waals surface area contributed by atoms with Gasteiger partial charge in [-0.3, -0.25) is 4.79 Å². The van der Waals surface area contributed by atoms with E-state index in [1.165, 1.54) is 18.3 Å². The Kier molecular flexibility index (Phi) is 3.01. The van der Waals surface area contributed by atoms with E-state index in [1.54, 1.807) is 0 Å². The van der Waals surface area contributed by atoms with Gasteiger partial charge in [0.15, 0.2) is 18.1 Å². The summed E-state index contributed by atoms with van der Waals surface area (Å²) in [6.07, 6.45) is 1.37. The molecule has 0 aromatic carbocycles. The molecule has 0 aliphatic carbocycles. The van der Waals surface area contributed by atoms with Gasteiger partial charge in [-0.05, 0) is 12.1 Å².